The molecule has 0 aliphatic carbocycles. The van der Waals surface area contributed by atoms with Gasteiger partial charge in [0.05, 0.1) is 7.11 Å². The lowest BCUT2D eigenvalue weighted by Gasteiger charge is -2.20. The Morgan fingerprint density at radius 3 is 2.43 bits per heavy atom. The number of ether oxygens (including phenoxy) is 1. The van der Waals surface area contributed by atoms with Gasteiger partial charge in [0.25, 0.3) is 5.92 Å². The van der Waals surface area contributed by atoms with E-state index in [4.69, 9.17) is 0 Å². The Kier molecular flexibility index (Phi) is 5.14. The molecule has 0 saturated heterocycles. The van der Waals surface area contributed by atoms with Gasteiger partial charge in [0, 0.05) is 11.3 Å². The third-order valence-electron chi connectivity index (χ3n) is 2.65. The lowest BCUT2D eigenvalue weighted by atomic mass is 10.0. The Hall–Kier alpha value is -1.86. The number of methoxy groups -OCH3 is 1. The molecule has 0 saturated carbocycles. The van der Waals surface area contributed by atoms with Gasteiger partial charge in [-0.25, -0.2) is 13.6 Å². The highest BCUT2D eigenvalue weighted by Crippen LogP contribution is 2.39. The molecule has 0 amide bonds. The van der Waals surface area contributed by atoms with Crippen LogP contribution in [0.4, 0.5) is 27.6 Å². The number of anilines is 1. The van der Waals surface area contributed by atoms with Crippen molar-refractivity contribution in [1.82, 2.24) is 0 Å². The number of hydrogen-bond donors (Lipinski definition) is 1. The minimum atomic E-state index is -4.98. The van der Waals surface area contributed by atoms with Gasteiger partial charge in [-0.1, -0.05) is 12.1 Å². The van der Waals surface area contributed by atoms with Crippen LogP contribution in [-0.4, -0.2) is 25.3 Å². The molecule has 0 aliphatic heterocycles. The quantitative estimate of drug-likeness (QED) is 0.665. The fraction of sp³-hybridized carbons (Fsp3) is 0.462. The zero-order chi connectivity index (χ0) is 16.3. The lowest BCUT2D eigenvalue weighted by molar-refractivity contribution is -0.190. The van der Waals surface area contributed by atoms with Gasteiger partial charge in [-0.3, -0.25) is 0 Å². The summed E-state index contributed by atoms with van der Waals surface area (Å²) in [5.41, 5.74) is -0.672. The molecule has 0 radical (unpaired) electrons. The maximum Gasteiger partial charge on any atom is 0.395 e. The first-order valence-corrected chi connectivity index (χ1v) is 5.94. The molecule has 0 spiro atoms. The average molecular weight is 311 g/mol. The van der Waals surface area contributed by atoms with E-state index in [2.05, 4.69) is 10.1 Å². The molecular formula is C13H14F5NO2. The smallest absolute Gasteiger partial charge is 0.395 e. The van der Waals surface area contributed by atoms with E-state index in [0.717, 1.165) is 19.2 Å². The second kappa shape index (κ2) is 6.28. The molecule has 1 N–H and O–H groups in total. The van der Waals surface area contributed by atoms with Crippen LogP contribution in [0.2, 0.25) is 0 Å². The fourth-order valence-electron chi connectivity index (χ4n) is 1.68. The number of esters is 1. The summed E-state index contributed by atoms with van der Waals surface area (Å²) in [5, 5.41) is 2.58. The SMILES string of the molecule is COC(=O)C(C)Nc1cccc(C(F)(F)CC(F)(F)F)c1. The van der Waals surface area contributed by atoms with Crippen molar-refractivity contribution in [1.29, 1.82) is 0 Å². The molecule has 0 fully saturated rings. The molecule has 1 unspecified atom stereocenters. The summed E-state index contributed by atoms with van der Waals surface area (Å²) in [6.07, 6.45) is -7.22. The van der Waals surface area contributed by atoms with Gasteiger partial charge in [-0.05, 0) is 19.1 Å². The normalized spacial score (nSPS) is 13.7. The van der Waals surface area contributed by atoms with Gasteiger partial charge in [0.2, 0.25) is 0 Å². The first-order chi connectivity index (χ1) is 9.55. The number of alkyl halides is 5. The summed E-state index contributed by atoms with van der Waals surface area (Å²) in [6.45, 7) is 1.44. The number of nitrogens with one attached hydrogen (secondary N) is 1. The summed E-state index contributed by atoms with van der Waals surface area (Å²) in [4.78, 5) is 11.2. The summed E-state index contributed by atoms with van der Waals surface area (Å²) >= 11 is 0. The van der Waals surface area contributed by atoms with Crippen LogP contribution < -0.4 is 5.32 Å². The summed E-state index contributed by atoms with van der Waals surface area (Å²) in [6, 6.07) is 3.52. The highest BCUT2D eigenvalue weighted by atomic mass is 19.4. The maximum absolute atomic E-state index is 13.6. The van der Waals surface area contributed by atoms with Crippen molar-refractivity contribution >= 4 is 11.7 Å². The minimum Gasteiger partial charge on any atom is -0.467 e. The molecule has 0 aromatic heterocycles. The minimum absolute atomic E-state index is 0.104. The number of rotatable bonds is 5. The van der Waals surface area contributed by atoms with Crippen LogP contribution in [0.25, 0.3) is 0 Å². The van der Waals surface area contributed by atoms with Crippen LogP contribution >= 0.6 is 0 Å². The Labute approximate surface area is 118 Å². The molecule has 0 heterocycles. The maximum atomic E-state index is 13.6. The topological polar surface area (TPSA) is 38.3 Å². The van der Waals surface area contributed by atoms with E-state index in [1.807, 2.05) is 0 Å². The number of carbonyl (C=O) groups excluding carboxylic acids is 1. The van der Waals surface area contributed by atoms with Crippen molar-refractivity contribution in [2.45, 2.75) is 31.5 Å². The molecule has 1 rings (SSSR count). The number of halogens is 5. The highest BCUT2D eigenvalue weighted by Gasteiger charge is 2.44. The van der Waals surface area contributed by atoms with Crippen molar-refractivity contribution in [3.05, 3.63) is 29.8 Å². The molecule has 1 atom stereocenters. The van der Waals surface area contributed by atoms with Gasteiger partial charge in [-0.15, -0.1) is 0 Å². The van der Waals surface area contributed by atoms with E-state index in [9.17, 15) is 26.7 Å². The first kappa shape index (κ1) is 17.2. The first-order valence-electron chi connectivity index (χ1n) is 5.94. The molecule has 3 nitrogen and oxygen atoms in total. The van der Waals surface area contributed by atoms with Crippen LogP contribution in [0.5, 0.6) is 0 Å². The zero-order valence-corrected chi connectivity index (χ0v) is 11.3. The summed E-state index contributed by atoms with van der Waals surface area (Å²) in [7, 11) is 1.16. The van der Waals surface area contributed by atoms with E-state index in [0.29, 0.717) is 0 Å². The van der Waals surface area contributed by atoms with E-state index in [1.54, 1.807) is 0 Å². The number of carbonyl (C=O) groups is 1. The average Bonchev–Trinajstić information content (AvgIpc) is 2.35. The summed E-state index contributed by atoms with van der Waals surface area (Å²) < 4.78 is 68.0. The molecule has 1 aromatic carbocycles. The summed E-state index contributed by atoms with van der Waals surface area (Å²) in [5.74, 6) is -4.66. The van der Waals surface area contributed by atoms with Crippen molar-refractivity contribution in [3.8, 4) is 0 Å². The van der Waals surface area contributed by atoms with E-state index >= 15 is 0 Å². The molecule has 118 valence electrons. The highest BCUT2D eigenvalue weighted by molar-refractivity contribution is 5.78. The Morgan fingerprint density at radius 1 is 1.29 bits per heavy atom. The predicted molar refractivity (Wildman–Crippen MR) is 66.1 cm³/mol. The van der Waals surface area contributed by atoms with Gasteiger partial charge in [0.1, 0.15) is 12.5 Å². The number of benzene rings is 1. The van der Waals surface area contributed by atoms with Gasteiger partial charge < -0.3 is 10.1 Å². The molecular weight excluding hydrogens is 297 g/mol. The monoisotopic (exact) mass is 311 g/mol. The van der Waals surface area contributed by atoms with Gasteiger partial charge >= 0.3 is 12.1 Å². The Morgan fingerprint density at radius 2 is 1.90 bits per heavy atom. The second-order valence-electron chi connectivity index (χ2n) is 4.47. The van der Waals surface area contributed by atoms with Crippen LogP contribution in [0.1, 0.15) is 18.9 Å². The van der Waals surface area contributed by atoms with Crippen molar-refractivity contribution in [2.24, 2.45) is 0 Å². The second-order valence-corrected chi connectivity index (χ2v) is 4.47. The van der Waals surface area contributed by atoms with E-state index < -0.39 is 36.1 Å². The van der Waals surface area contributed by atoms with E-state index in [-0.39, 0.29) is 5.69 Å². The largest absolute Gasteiger partial charge is 0.467 e. The van der Waals surface area contributed by atoms with Crippen molar-refractivity contribution in [2.75, 3.05) is 12.4 Å². The van der Waals surface area contributed by atoms with Gasteiger partial charge in [-0.2, -0.15) is 13.2 Å². The molecule has 1 aromatic rings. The van der Waals surface area contributed by atoms with Crippen LogP contribution in [-0.2, 0) is 15.5 Å². The molecule has 21 heavy (non-hydrogen) atoms. The Balaban J connectivity index is 2.92. The zero-order valence-electron chi connectivity index (χ0n) is 11.3. The third-order valence-corrected chi connectivity index (χ3v) is 2.65. The van der Waals surface area contributed by atoms with Crippen molar-refractivity contribution in [3.63, 3.8) is 0 Å². The molecule has 0 aliphatic rings. The molecule has 0 bridgehead atoms. The predicted octanol–water partition coefficient (Wildman–Crippen LogP) is 3.70. The van der Waals surface area contributed by atoms with Crippen LogP contribution in [0, 0.1) is 0 Å². The van der Waals surface area contributed by atoms with Crippen LogP contribution in [0.15, 0.2) is 24.3 Å². The van der Waals surface area contributed by atoms with Crippen LogP contribution in [0.3, 0.4) is 0 Å². The standard InChI is InChI=1S/C13H14F5NO2/c1-8(11(20)21-2)19-10-5-3-4-9(6-10)12(14,15)7-13(16,17)18/h3-6,8,19H,7H2,1-2H3. The fourth-order valence-corrected chi connectivity index (χ4v) is 1.68. The Bertz CT molecular complexity index is 502. The third kappa shape index (κ3) is 5.20. The molecule has 8 heteroatoms. The van der Waals surface area contributed by atoms with Gasteiger partial charge in [0.15, 0.2) is 0 Å². The lowest BCUT2D eigenvalue weighted by Crippen LogP contribution is -2.27. The number of hydrogen-bond acceptors (Lipinski definition) is 3. The van der Waals surface area contributed by atoms with E-state index in [1.165, 1.54) is 19.1 Å². The van der Waals surface area contributed by atoms with Crippen molar-refractivity contribution < 1.29 is 31.5 Å².